The van der Waals surface area contributed by atoms with E-state index in [1.165, 1.54) is 0 Å². The van der Waals surface area contributed by atoms with E-state index in [9.17, 15) is 0 Å². The fourth-order valence-corrected chi connectivity index (χ4v) is 1.25. The fourth-order valence-electron chi connectivity index (χ4n) is 1.25. The van der Waals surface area contributed by atoms with Gasteiger partial charge in [-0.1, -0.05) is 49.0 Å². The second kappa shape index (κ2) is 8.39. The highest BCUT2D eigenvalue weighted by Crippen LogP contribution is 2.20. The van der Waals surface area contributed by atoms with Crippen molar-refractivity contribution in [1.29, 1.82) is 0 Å². The number of rotatable bonds is 2. The molecule has 0 aromatic carbocycles. The van der Waals surface area contributed by atoms with Crippen LogP contribution in [0.25, 0.3) is 0 Å². The topological polar surface area (TPSA) is 25.8 Å². The minimum atomic E-state index is 0. The SMILES string of the molecule is C.CC.CC(C)c1nccnc1C(C)C. The van der Waals surface area contributed by atoms with E-state index in [1.807, 2.05) is 13.8 Å². The summed E-state index contributed by atoms with van der Waals surface area (Å²) >= 11 is 0. The number of aromatic nitrogens is 2. The van der Waals surface area contributed by atoms with Gasteiger partial charge in [-0.25, -0.2) is 0 Å². The van der Waals surface area contributed by atoms with Crippen molar-refractivity contribution in [3.05, 3.63) is 23.8 Å². The molecular weight excluding hydrogens is 184 g/mol. The third-order valence-electron chi connectivity index (χ3n) is 1.85. The lowest BCUT2D eigenvalue weighted by Gasteiger charge is -2.11. The quantitative estimate of drug-likeness (QED) is 0.723. The molecule has 0 atom stereocenters. The highest BCUT2D eigenvalue weighted by molar-refractivity contribution is 5.17. The maximum absolute atomic E-state index is 4.34. The van der Waals surface area contributed by atoms with Crippen molar-refractivity contribution in [3.63, 3.8) is 0 Å². The molecule has 1 rings (SSSR count). The van der Waals surface area contributed by atoms with Gasteiger partial charge in [0.15, 0.2) is 0 Å². The van der Waals surface area contributed by atoms with Crippen LogP contribution in [-0.4, -0.2) is 9.97 Å². The molecule has 0 fully saturated rings. The van der Waals surface area contributed by atoms with Crippen LogP contribution in [0.4, 0.5) is 0 Å². The molecule has 2 nitrogen and oxygen atoms in total. The molecule has 15 heavy (non-hydrogen) atoms. The maximum Gasteiger partial charge on any atom is 0.0646 e. The first-order chi connectivity index (χ1) is 6.63. The van der Waals surface area contributed by atoms with Gasteiger partial charge in [0, 0.05) is 12.4 Å². The van der Waals surface area contributed by atoms with Gasteiger partial charge in [0.05, 0.1) is 11.4 Å². The first-order valence-corrected chi connectivity index (χ1v) is 5.43. The summed E-state index contributed by atoms with van der Waals surface area (Å²) in [5.74, 6) is 0.937. The van der Waals surface area contributed by atoms with Gasteiger partial charge < -0.3 is 0 Å². The molecule has 0 radical (unpaired) electrons. The van der Waals surface area contributed by atoms with Gasteiger partial charge >= 0.3 is 0 Å². The summed E-state index contributed by atoms with van der Waals surface area (Å²) in [7, 11) is 0. The van der Waals surface area contributed by atoms with Crippen molar-refractivity contribution in [2.24, 2.45) is 0 Å². The van der Waals surface area contributed by atoms with Crippen LogP contribution in [0.1, 0.15) is 72.2 Å². The van der Waals surface area contributed by atoms with Crippen LogP contribution >= 0.6 is 0 Å². The molecule has 0 spiro atoms. The Morgan fingerprint density at radius 2 is 1.07 bits per heavy atom. The molecule has 0 bridgehead atoms. The standard InChI is InChI=1S/C10H16N2.C2H6.CH4/c1-7(2)9-10(8(3)4)12-6-5-11-9;1-2;/h5-8H,1-4H3;1-2H3;1H4. The molecular formula is C13H26N2. The lowest BCUT2D eigenvalue weighted by atomic mass is 10.0. The van der Waals surface area contributed by atoms with Crippen LogP contribution in [0.3, 0.4) is 0 Å². The summed E-state index contributed by atoms with van der Waals surface area (Å²) in [6.45, 7) is 12.6. The predicted octanol–water partition coefficient (Wildman–Crippen LogP) is 4.39. The van der Waals surface area contributed by atoms with E-state index in [-0.39, 0.29) is 7.43 Å². The average molecular weight is 210 g/mol. The van der Waals surface area contributed by atoms with Gasteiger partial charge in [0.1, 0.15) is 0 Å². The van der Waals surface area contributed by atoms with E-state index in [0.717, 1.165) is 11.4 Å². The average Bonchev–Trinajstić information content (AvgIpc) is 2.20. The Kier molecular flexibility index (Phi) is 9.24. The molecule has 88 valence electrons. The van der Waals surface area contributed by atoms with Crippen LogP contribution in [0.15, 0.2) is 12.4 Å². The Morgan fingerprint density at radius 3 is 1.27 bits per heavy atom. The number of nitrogens with zero attached hydrogens (tertiary/aromatic N) is 2. The monoisotopic (exact) mass is 210 g/mol. The van der Waals surface area contributed by atoms with E-state index >= 15 is 0 Å². The summed E-state index contributed by atoms with van der Waals surface area (Å²) < 4.78 is 0. The lowest BCUT2D eigenvalue weighted by molar-refractivity contribution is 0.726. The second-order valence-electron chi connectivity index (χ2n) is 3.64. The second-order valence-corrected chi connectivity index (χ2v) is 3.64. The fraction of sp³-hybridized carbons (Fsp3) is 0.692. The van der Waals surface area contributed by atoms with Crippen LogP contribution in [0, 0.1) is 0 Å². The highest BCUT2D eigenvalue weighted by atomic mass is 14.8. The molecule has 0 aliphatic carbocycles. The molecule has 1 heterocycles. The molecule has 0 saturated carbocycles. The molecule has 0 unspecified atom stereocenters. The zero-order valence-corrected chi connectivity index (χ0v) is 10.2. The van der Waals surface area contributed by atoms with Crippen molar-refractivity contribution >= 4 is 0 Å². The van der Waals surface area contributed by atoms with Crippen molar-refractivity contribution in [2.75, 3.05) is 0 Å². The van der Waals surface area contributed by atoms with E-state index in [2.05, 4.69) is 37.7 Å². The Hall–Kier alpha value is -0.920. The molecule has 0 aliphatic heterocycles. The normalized spacial score (nSPS) is 9.33. The molecule has 0 N–H and O–H groups in total. The van der Waals surface area contributed by atoms with E-state index < -0.39 is 0 Å². The smallest absolute Gasteiger partial charge is 0.0646 e. The first-order valence-electron chi connectivity index (χ1n) is 5.43. The number of hydrogen-bond donors (Lipinski definition) is 0. The van der Waals surface area contributed by atoms with E-state index in [0.29, 0.717) is 11.8 Å². The molecule has 0 aliphatic rings. The summed E-state index contributed by atoms with van der Waals surface area (Å²) in [5, 5.41) is 0. The van der Waals surface area contributed by atoms with Crippen molar-refractivity contribution in [3.8, 4) is 0 Å². The van der Waals surface area contributed by atoms with Crippen LogP contribution < -0.4 is 0 Å². The minimum Gasteiger partial charge on any atom is -0.258 e. The van der Waals surface area contributed by atoms with Crippen LogP contribution in [0.2, 0.25) is 0 Å². The zero-order valence-electron chi connectivity index (χ0n) is 10.2. The summed E-state index contributed by atoms with van der Waals surface area (Å²) in [5.41, 5.74) is 2.26. The first kappa shape index (κ1) is 16.5. The van der Waals surface area contributed by atoms with E-state index in [1.54, 1.807) is 12.4 Å². The lowest BCUT2D eigenvalue weighted by Crippen LogP contribution is -2.03. The van der Waals surface area contributed by atoms with Gasteiger partial charge in [-0.3, -0.25) is 9.97 Å². The van der Waals surface area contributed by atoms with Gasteiger partial charge in [0.25, 0.3) is 0 Å². The maximum atomic E-state index is 4.34. The largest absolute Gasteiger partial charge is 0.258 e. The summed E-state index contributed by atoms with van der Waals surface area (Å²) in [4.78, 5) is 8.67. The van der Waals surface area contributed by atoms with Gasteiger partial charge in [-0.05, 0) is 11.8 Å². The van der Waals surface area contributed by atoms with Crippen molar-refractivity contribution in [1.82, 2.24) is 9.97 Å². The van der Waals surface area contributed by atoms with Crippen LogP contribution in [0.5, 0.6) is 0 Å². The molecule has 1 aromatic heterocycles. The van der Waals surface area contributed by atoms with E-state index in [4.69, 9.17) is 0 Å². The third kappa shape index (κ3) is 4.91. The predicted molar refractivity (Wildman–Crippen MR) is 68.3 cm³/mol. The summed E-state index contributed by atoms with van der Waals surface area (Å²) in [6.07, 6.45) is 3.53. The molecule has 2 heteroatoms. The van der Waals surface area contributed by atoms with Crippen molar-refractivity contribution in [2.45, 2.75) is 60.8 Å². The molecule has 0 amide bonds. The van der Waals surface area contributed by atoms with Crippen LogP contribution in [-0.2, 0) is 0 Å². The molecule has 1 aromatic rings. The Morgan fingerprint density at radius 1 is 0.800 bits per heavy atom. The number of hydrogen-bond acceptors (Lipinski definition) is 2. The Bertz CT molecular complexity index is 227. The highest BCUT2D eigenvalue weighted by Gasteiger charge is 2.11. The zero-order chi connectivity index (χ0) is 11.1. The Labute approximate surface area is 95.2 Å². The van der Waals surface area contributed by atoms with Gasteiger partial charge in [-0.15, -0.1) is 0 Å². The summed E-state index contributed by atoms with van der Waals surface area (Å²) in [6, 6.07) is 0. The molecule has 0 saturated heterocycles. The van der Waals surface area contributed by atoms with Gasteiger partial charge in [0.2, 0.25) is 0 Å². The van der Waals surface area contributed by atoms with Gasteiger partial charge in [-0.2, -0.15) is 0 Å². The third-order valence-corrected chi connectivity index (χ3v) is 1.85. The Balaban J connectivity index is 0. The van der Waals surface area contributed by atoms with Crippen molar-refractivity contribution < 1.29 is 0 Å². The minimum absolute atomic E-state index is 0.